The van der Waals surface area contributed by atoms with E-state index in [1.807, 2.05) is 0 Å². The van der Waals surface area contributed by atoms with E-state index >= 15 is 0 Å². The quantitative estimate of drug-likeness (QED) is 0.461. The summed E-state index contributed by atoms with van der Waals surface area (Å²) in [4.78, 5) is 38.1. The van der Waals surface area contributed by atoms with Crippen molar-refractivity contribution in [1.82, 2.24) is 19.9 Å². The largest absolute Gasteiger partial charge is 0.490 e. The Labute approximate surface area is 183 Å². The molecule has 164 valence electrons. The van der Waals surface area contributed by atoms with Crippen LogP contribution in [0.3, 0.4) is 0 Å². The van der Waals surface area contributed by atoms with Crippen molar-refractivity contribution >= 4 is 39.4 Å². The predicted molar refractivity (Wildman–Crippen MR) is 109 cm³/mol. The standard InChI is InChI=1S/C20H14F3N5O3S/c1-28-8-7-19(17(28)29,31-18(30)20(21,22)23)6-5-11-3-2-4-12(9-11)15-27-13-14(24)25-10-26-16(13)32-15/h2-4,9-10H,7-8H2,1H3,(H2,24,25,26)/t19-/m0/s1. The van der Waals surface area contributed by atoms with Gasteiger partial charge in [0.05, 0.1) is 0 Å². The molecule has 1 amide bonds. The van der Waals surface area contributed by atoms with Crippen LogP contribution < -0.4 is 5.73 Å². The third-order valence-corrected chi connectivity index (χ3v) is 5.74. The molecule has 0 aliphatic carbocycles. The highest BCUT2D eigenvalue weighted by molar-refractivity contribution is 7.21. The molecular formula is C20H14F3N5O3S. The molecule has 0 bridgehead atoms. The summed E-state index contributed by atoms with van der Waals surface area (Å²) in [6.45, 7) is 0.104. The van der Waals surface area contributed by atoms with E-state index < -0.39 is 23.7 Å². The Morgan fingerprint density at radius 3 is 2.78 bits per heavy atom. The van der Waals surface area contributed by atoms with Crippen LogP contribution in [0.15, 0.2) is 30.6 Å². The number of aromatic nitrogens is 3. The molecule has 12 heteroatoms. The number of ether oxygens (including phenoxy) is 1. The van der Waals surface area contributed by atoms with Crippen molar-refractivity contribution in [2.45, 2.75) is 18.2 Å². The van der Waals surface area contributed by atoms with Gasteiger partial charge in [0.1, 0.15) is 21.7 Å². The summed E-state index contributed by atoms with van der Waals surface area (Å²) < 4.78 is 42.8. The first-order chi connectivity index (χ1) is 15.1. The number of amides is 1. The number of nitrogens with two attached hydrogens (primary N) is 1. The summed E-state index contributed by atoms with van der Waals surface area (Å²) in [7, 11) is 1.40. The zero-order valence-corrected chi connectivity index (χ0v) is 17.3. The molecule has 2 aromatic heterocycles. The number of hydrogen-bond acceptors (Lipinski definition) is 8. The van der Waals surface area contributed by atoms with Gasteiger partial charge in [0.15, 0.2) is 5.82 Å². The van der Waals surface area contributed by atoms with Gasteiger partial charge in [0.2, 0.25) is 0 Å². The minimum atomic E-state index is -5.24. The number of halogens is 3. The number of likely N-dealkylation sites (tertiary alicyclic amines) is 1. The van der Waals surface area contributed by atoms with E-state index in [9.17, 15) is 22.8 Å². The van der Waals surface area contributed by atoms with Gasteiger partial charge in [-0.25, -0.2) is 19.7 Å². The summed E-state index contributed by atoms with van der Waals surface area (Å²) in [5.41, 5.74) is 5.14. The highest BCUT2D eigenvalue weighted by atomic mass is 32.1. The van der Waals surface area contributed by atoms with Gasteiger partial charge in [-0.1, -0.05) is 29.4 Å². The molecule has 3 heterocycles. The van der Waals surface area contributed by atoms with Crippen LogP contribution in [0, 0.1) is 11.8 Å². The second kappa shape index (κ2) is 7.76. The topological polar surface area (TPSA) is 111 Å². The van der Waals surface area contributed by atoms with E-state index in [-0.39, 0.29) is 18.8 Å². The minimum Gasteiger partial charge on any atom is -0.429 e. The van der Waals surface area contributed by atoms with Gasteiger partial charge in [-0.05, 0) is 18.1 Å². The highest BCUT2D eigenvalue weighted by Gasteiger charge is 2.53. The first-order valence-electron chi connectivity index (χ1n) is 9.15. The van der Waals surface area contributed by atoms with Crippen molar-refractivity contribution in [2.75, 3.05) is 19.3 Å². The molecule has 1 atom stereocenters. The first kappa shape index (κ1) is 21.5. The Kier molecular flexibility index (Phi) is 5.21. The molecule has 1 aliphatic heterocycles. The third kappa shape index (κ3) is 3.94. The third-order valence-electron chi connectivity index (χ3n) is 4.73. The first-order valence-corrected chi connectivity index (χ1v) is 9.97. The number of thiazole rings is 1. The maximum Gasteiger partial charge on any atom is 0.490 e. The van der Waals surface area contributed by atoms with Crippen LogP contribution in [0.2, 0.25) is 0 Å². The van der Waals surface area contributed by atoms with Gasteiger partial charge in [-0.2, -0.15) is 13.2 Å². The maximum atomic E-state index is 12.7. The average Bonchev–Trinajstić information content (AvgIpc) is 3.30. The van der Waals surface area contributed by atoms with Gasteiger partial charge >= 0.3 is 12.1 Å². The molecule has 1 saturated heterocycles. The van der Waals surface area contributed by atoms with Crippen molar-refractivity contribution in [3.8, 4) is 22.4 Å². The van der Waals surface area contributed by atoms with Gasteiger partial charge in [0.25, 0.3) is 11.5 Å². The Morgan fingerprint density at radius 1 is 1.34 bits per heavy atom. The number of benzene rings is 1. The van der Waals surface area contributed by atoms with Gasteiger partial charge < -0.3 is 15.4 Å². The van der Waals surface area contributed by atoms with Crippen LogP contribution >= 0.6 is 11.3 Å². The molecule has 1 fully saturated rings. The number of nitrogen functional groups attached to an aromatic ring is 1. The van der Waals surface area contributed by atoms with Gasteiger partial charge in [0, 0.05) is 31.1 Å². The van der Waals surface area contributed by atoms with Crippen molar-refractivity contribution in [3.05, 3.63) is 36.2 Å². The zero-order chi connectivity index (χ0) is 23.1. The summed E-state index contributed by atoms with van der Waals surface area (Å²) in [6.07, 6.45) is -4.08. The molecule has 0 saturated carbocycles. The molecule has 0 spiro atoms. The fraction of sp³-hybridized carbons (Fsp3) is 0.250. The van der Waals surface area contributed by atoms with E-state index in [2.05, 4.69) is 31.5 Å². The lowest BCUT2D eigenvalue weighted by molar-refractivity contribution is -0.209. The second-order valence-corrected chi connectivity index (χ2v) is 7.93. The number of hydrogen-bond donors (Lipinski definition) is 1. The smallest absolute Gasteiger partial charge is 0.429 e. The van der Waals surface area contributed by atoms with E-state index in [0.717, 1.165) is 0 Å². The number of anilines is 1. The molecule has 4 rings (SSSR count). The summed E-state index contributed by atoms with van der Waals surface area (Å²) in [6, 6.07) is 6.70. The van der Waals surface area contributed by atoms with Crippen LogP contribution in [0.25, 0.3) is 20.9 Å². The molecule has 1 aliphatic rings. The number of fused-ring (bicyclic) bond motifs is 1. The predicted octanol–water partition coefficient (Wildman–Crippen LogP) is 2.39. The fourth-order valence-electron chi connectivity index (χ4n) is 3.09. The molecule has 0 radical (unpaired) electrons. The van der Waals surface area contributed by atoms with E-state index in [1.54, 1.807) is 24.3 Å². The SMILES string of the molecule is CN1CC[C@](C#Cc2cccc(-c3nc4c(N)ncnc4s3)c2)(OC(=O)C(F)(F)F)C1=O. The molecule has 1 aromatic carbocycles. The second-order valence-electron chi connectivity index (χ2n) is 6.95. The maximum absolute atomic E-state index is 12.7. The monoisotopic (exact) mass is 461 g/mol. The zero-order valence-electron chi connectivity index (χ0n) is 16.4. The van der Waals surface area contributed by atoms with Crippen molar-refractivity contribution in [3.63, 3.8) is 0 Å². The number of rotatable bonds is 2. The Morgan fingerprint density at radius 2 is 2.12 bits per heavy atom. The Hall–Kier alpha value is -3.72. The number of carbonyl (C=O) groups excluding carboxylic acids is 2. The number of nitrogens with zero attached hydrogens (tertiary/aromatic N) is 4. The number of esters is 1. The van der Waals surface area contributed by atoms with E-state index in [0.29, 0.717) is 26.5 Å². The molecule has 2 N–H and O–H groups in total. The van der Waals surface area contributed by atoms with Gasteiger partial charge in [-0.3, -0.25) is 4.79 Å². The number of alkyl halides is 3. The Bertz CT molecular complexity index is 1300. The molecule has 0 unspecified atom stereocenters. The van der Waals surface area contributed by atoms with E-state index in [4.69, 9.17) is 5.73 Å². The lowest BCUT2D eigenvalue weighted by atomic mass is 10.0. The van der Waals surface area contributed by atoms with Crippen LogP contribution in [0.5, 0.6) is 0 Å². The molecule has 3 aromatic rings. The van der Waals surface area contributed by atoms with Crippen LogP contribution in [-0.2, 0) is 14.3 Å². The van der Waals surface area contributed by atoms with Crippen LogP contribution in [0.1, 0.15) is 12.0 Å². The average molecular weight is 461 g/mol. The lowest BCUT2D eigenvalue weighted by Crippen LogP contribution is -2.45. The lowest BCUT2D eigenvalue weighted by Gasteiger charge is -2.22. The highest BCUT2D eigenvalue weighted by Crippen LogP contribution is 2.32. The van der Waals surface area contributed by atoms with E-state index in [1.165, 1.54) is 29.6 Å². The Balaban J connectivity index is 1.69. The fourth-order valence-corrected chi connectivity index (χ4v) is 4.00. The minimum absolute atomic E-state index is 0.104. The van der Waals surface area contributed by atoms with Crippen molar-refractivity contribution in [1.29, 1.82) is 0 Å². The van der Waals surface area contributed by atoms with Gasteiger partial charge in [-0.15, -0.1) is 0 Å². The summed E-state index contributed by atoms with van der Waals surface area (Å²) in [5.74, 6) is 2.11. The molecular weight excluding hydrogens is 447 g/mol. The number of likely N-dealkylation sites (N-methyl/N-ethyl adjacent to an activating group) is 1. The number of carbonyl (C=O) groups is 2. The van der Waals surface area contributed by atoms with Crippen LogP contribution in [-0.4, -0.2) is 57.1 Å². The van der Waals surface area contributed by atoms with Crippen LogP contribution in [0.4, 0.5) is 19.0 Å². The molecule has 8 nitrogen and oxygen atoms in total. The molecule has 32 heavy (non-hydrogen) atoms. The summed E-state index contributed by atoms with van der Waals surface area (Å²) >= 11 is 1.28. The van der Waals surface area contributed by atoms with Crippen molar-refractivity contribution < 1.29 is 27.5 Å². The summed E-state index contributed by atoms with van der Waals surface area (Å²) in [5, 5.41) is 0.589. The normalized spacial score (nSPS) is 18.5. The van der Waals surface area contributed by atoms with Crippen molar-refractivity contribution in [2.24, 2.45) is 0 Å².